The molecule has 2 aromatic carbocycles. The van der Waals surface area contributed by atoms with Crippen LogP contribution in [0.5, 0.6) is 0 Å². The van der Waals surface area contributed by atoms with Gasteiger partial charge in [-0.15, -0.1) is 0 Å². The third kappa shape index (κ3) is 3.31. The lowest BCUT2D eigenvalue weighted by Crippen LogP contribution is -2.51. The predicted octanol–water partition coefficient (Wildman–Crippen LogP) is 0.930. The van der Waals surface area contributed by atoms with Gasteiger partial charge in [0.1, 0.15) is 11.4 Å². The van der Waals surface area contributed by atoms with E-state index in [4.69, 9.17) is 5.26 Å². The molecule has 0 radical (unpaired) electrons. The van der Waals surface area contributed by atoms with Crippen LogP contribution < -0.4 is 21.1 Å². The molecule has 1 fully saturated rings. The molecule has 1 heterocycles. The van der Waals surface area contributed by atoms with Gasteiger partial charge in [0.05, 0.1) is 6.07 Å². The van der Waals surface area contributed by atoms with E-state index in [1.165, 1.54) is 0 Å². The lowest BCUT2D eigenvalue weighted by atomic mass is 10.1. The van der Waals surface area contributed by atoms with Gasteiger partial charge >= 0.3 is 0 Å². The monoisotopic (exact) mass is 324 g/mol. The quantitative estimate of drug-likeness (QED) is 0.797. The molecule has 6 heteroatoms. The van der Waals surface area contributed by atoms with Gasteiger partial charge in [-0.2, -0.15) is 5.26 Å². The van der Waals surface area contributed by atoms with Gasteiger partial charge in [0, 0.05) is 45.7 Å². The summed E-state index contributed by atoms with van der Waals surface area (Å²) in [6, 6.07) is 11.9. The van der Waals surface area contributed by atoms with E-state index in [0.717, 1.165) is 25.2 Å². The molecule has 0 amide bonds. The first-order valence-corrected chi connectivity index (χ1v) is 8.16. The Kier molecular flexibility index (Phi) is 4.92. The number of rotatable bonds is 6. The van der Waals surface area contributed by atoms with E-state index in [1.807, 2.05) is 35.2 Å². The highest BCUT2D eigenvalue weighted by Crippen LogP contribution is 2.22. The maximum atomic E-state index is 12.0. The van der Waals surface area contributed by atoms with Crippen molar-refractivity contribution in [3.63, 3.8) is 0 Å². The van der Waals surface area contributed by atoms with Crippen molar-refractivity contribution < 1.29 is 0 Å². The van der Waals surface area contributed by atoms with Crippen LogP contribution in [-0.4, -0.2) is 37.6 Å². The van der Waals surface area contributed by atoms with Gasteiger partial charge in [0.15, 0.2) is 0 Å². The highest BCUT2D eigenvalue weighted by atomic mass is 16.2. The van der Waals surface area contributed by atoms with Crippen LogP contribution in [-0.2, 0) is 6.54 Å². The van der Waals surface area contributed by atoms with E-state index >= 15 is 0 Å². The van der Waals surface area contributed by atoms with Crippen LogP contribution in [0.15, 0.2) is 39.9 Å². The molecule has 1 aliphatic heterocycles. The average Bonchev–Trinajstić information content (AvgIpc) is 2.64. The number of piperazine rings is 1. The largest absolute Gasteiger partial charge is 0.376 e. The van der Waals surface area contributed by atoms with Crippen LogP contribution in [0.4, 0.5) is 11.4 Å². The van der Waals surface area contributed by atoms with Crippen molar-refractivity contribution in [1.82, 2.24) is 4.90 Å². The summed E-state index contributed by atoms with van der Waals surface area (Å²) in [6.45, 7) is 4.31. The number of nitrogens with one attached hydrogen (secondary N) is 1. The Bertz CT molecular complexity index is 795. The molecule has 6 nitrogen and oxygen atoms in total. The van der Waals surface area contributed by atoms with Crippen molar-refractivity contribution >= 4 is 11.4 Å². The molecule has 3 rings (SSSR count). The van der Waals surface area contributed by atoms with Crippen LogP contribution in [0.2, 0.25) is 0 Å². The number of nitrogens with zero attached hydrogens (tertiary/aromatic N) is 3. The van der Waals surface area contributed by atoms with Crippen LogP contribution in [0.1, 0.15) is 12.0 Å². The van der Waals surface area contributed by atoms with Gasteiger partial charge in [-0.1, -0.05) is 30.3 Å². The highest BCUT2D eigenvalue weighted by molar-refractivity contribution is 5.75. The standard InChI is InChI=1S/C18H20N4O2/c19-7-4-8-21-9-11-22(12-10-21)16-15(17(23)18(16)24)20-13-14-5-2-1-3-6-14/h1-3,5-6,20H,4,8-13H2. The molecule has 1 aliphatic rings. The average molecular weight is 324 g/mol. The second-order valence-electron chi connectivity index (χ2n) is 5.96. The Labute approximate surface area is 140 Å². The SMILES string of the molecule is N#CCCN1CCN(c2c(NCc3ccccc3)c(=O)c2=O)CC1. The Morgan fingerprint density at radius 1 is 1.04 bits per heavy atom. The fourth-order valence-corrected chi connectivity index (χ4v) is 3.03. The lowest BCUT2D eigenvalue weighted by molar-refractivity contribution is 0.263. The summed E-state index contributed by atoms with van der Waals surface area (Å²) in [7, 11) is 0. The van der Waals surface area contributed by atoms with E-state index in [1.54, 1.807) is 0 Å². The van der Waals surface area contributed by atoms with E-state index in [-0.39, 0.29) is 0 Å². The third-order valence-corrected chi connectivity index (χ3v) is 4.43. The molecule has 0 spiro atoms. The molecular weight excluding hydrogens is 304 g/mol. The van der Waals surface area contributed by atoms with Crippen molar-refractivity contribution in [3.05, 3.63) is 56.3 Å². The van der Waals surface area contributed by atoms with Gasteiger partial charge in [0.2, 0.25) is 0 Å². The predicted molar refractivity (Wildman–Crippen MR) is 94.0 cm³/mol. The van der Waals surface area contributed by atoms with E-state index < -0.39 is 10.9 Å². The van der Waals surface area contributed by atoms with Crippen molar-refractivity contribution in [1.29, 1.82) is 5.26 Å². The molecule has 0 aliphatic carbocycles. The topological polar surface area (TPSA) is 76.4 Å². The summed E-state index contributed by atoms with van der Waals surface area (Å²) < 4.78 is 0. The van der Waals surface area contributed by atoms with Crippen LogP contribution >= 0.6 is 0 Å². The van der Waals surface area contributed by atoms with Crippen molar-refractivity contribution in [2.75, 3.05) is 42.9 Å². The molecule has 0 atom stereocenters. The summed E-state index contributed by atoms with van der Waals surface area (Å²) in [5.74, 6) is 0. The van der Waals surface area contributed by atoms with E-state index in [0.29, 0.717) is 37.4 Å². The summed E-state index contributed by atoms with van der Waals surface area (Å²) in [5, 5.41) is 11.8. The first kappa shape index (κ1) is 16.2. The minimum Gasteiger partial charge on any atom is -0.376 e. The zero-order valence-electron chi connectivity index (χ0n) is 13.5. The number of hydrogen-bond donors (Lipinski definition) is 1. The zero-order valence-corrected chi connectivity index (χ0v) is 13.5. The normalized spacial score (nSPS) is 15.4. The molecule has 0 unspecified atom stereocenters. The number of anilines is 2. The molecule has 1 saturated heterocycles. The molecule has 124 valence electrons. The fraction of sp³-hybridized carbons (Fsp3) is 0.389. The summed E-state index contributed by atoms with van der Waals surface area (Å²) >= 11 is 0. The zero-order chi connectivity index (χ0) is 16.9. The molecule has 2 aromatic rings. The molecule has 24 heavy (non-hydrogen) atoms. The highest BCUT2D eigenvalue weighted by Gasteiger charge is 2.28. The first-order valence-electron chi connectivity index (χ1n) is 8.16. The second kappa shape index (κ2) is 7.28. The maximum absolute atomic E-state index is 12.0. The molecule has 0 aromatic heterocycles. The van der Waals surface area contributed by atoms with Gasteiger partial charge in [-0.05, 0) is 5.56 Å². The van der Waals surface area contributed by atoms with Crippen molar-refractivity contribution in [2.45, 2.75) is 13.0 Å². The van der Waals surface area contributed by atoms with Gasteiger partial charge < -0.3 is 10.2 Å². The lowest BCUT2D eigenvalue weighted by Gasteiger charge is -2.36. The summed E-state index contributed by atoms with van der Waals surface area (Å²) in [5.41, 5.74) is 1.21. The van der Waals surface area contributed by atoms with Crippen LogP contribution in [0, 0.1) is 11.3 Å². The maximum Gasteiger partial charge on any atom is 0.253 e. The molecule has 0 bridgehead atoms. The van der Waals surface area contributed by atoms with Crippen molar-refractivity contribution in [3.8, 4) is 6.07 Å². The smallest absolute Gasteiger partial charge is 0.253 e. The Hall–Kier alpha value is -2.65. The first-order chi connectivity index (χ1) is 11.7. The summed E-state index contributed by atoms with van der Waals surface area (Å²) in [6.07, 6.45) is 0.518. The minimum atomic E-state index is -0.423. The number of nitriles is 1. The molecular formula is C18H20N4O2. The second-order valence-corrected chi connectivity index (χ2v) is 5.96. The van der Waals surface area contributed by atoms with Gasteiger partial charge in [-0.3, -0.25) is 14.5 Å². The number of benzene rings is 1. The molecule has 0 saturated carbocycles. The fourth-order valence-electron chi connectivity index (χ4n) is 3.03. The van der Waals surface area contributed by atoms with E-state index in [9.17, 15) is 9.59 Å². The van der Waals surface area contributed by atoms with Crippen molar-refractivity contribution in [2.24, 2.45) is 0 Å². The van der Waals surface area contributed by atoms with Crippen LogP contribution in [0.3, 0.4) is 0 Å². The Balaban J connectivity index is 1.63. The van der Waals surface area contributed by atoms with Gasteiger partial charge in [-0.25, -0.2) is 0 Å². The van der Waals surface area contributed by atoms with E-state index in [2.05, 4.69) is 16.3 Å². The Morgan fingerprint density at radius 3 is 2.42 bits per heavy atom. The minimum absolute atomic E-state index is 0.393. The Morgan fingerprint density at radius 2 is 1.75 bits per heavy atom. The molecule has 1 N–H and O–H groups in total. The van der Waals surface area contributed by atoms with Crippen LogP contribution in [0.25, 0.3) is 0 Å². The third-order valence-electron chi connectivity index (χ3n) is 4.43. The number of hydrogen-bond acceptors (Lipinski definition) is 6. The van der Waals surface area contributed by atoms with Gasteiger partial charge in [0.25, 0.3) is 10.9 Å². The summed E-state index contributed by atoms with van der Waals surface area (Å²) in [4.78, 5) is 28.1.